The number of benzene rings is 1. The second kappa shape index (κ2) is 5.11. The Labute approximate surface area is 163 Å². The first-order valence-electron chi connectivity index (χ1n) is 9.99. The number of carboxylic acids is 1. The van der Waals surface area contributed by atoms with Crippen molar-refractivity contribution in [2.75, 3.05) is 20.7 Å². The molecular weight excluding hydrogens is 356 g/mol. The number of methoxy groups -OCH3 is 1. The van der Waals surface area contributed by atoms with Gasteiger partial charge in [0.15, 0.2) is 11.5 Å². The number of fused-ring (bicyclic) bond motifs is 2. The van der Waals surface area contributed by atoms with Gasteiger partial charge in [0.2, 0.25) is 0 Å². The van der Waals surface area contributed by atoms with Crippen LogP contribution in [0.2, 0.25) is 0 Å². The number of ether oxygens (including phenoxy) is 2. The van der Waals surface area contributed by atoms with Gasteiger partial charge in [-0.05, 0) is 68.5 Å². The van der Waals surface area contributed by atoms with Gasteiger partial charge < -0.3 is 24.5 Å². The second-order valence-electron chi connectivity index (χ2n) is 8.80. The Bertz CT molecular complexity index is 1040. The number of H-pyrrole nitrogens is 1. The Hall–Kier alpha value is -2.47. The molecule has 1 fully saturated rings. The Kier molecular flexibility index (Phi) is 3.01. The average molecular weight is 380 g/mol. The van der Waals surface area contributed by atoms with Crippen LogP contribution in [0.15, 0.2) is 12.1 Å². The predicted octanol–water partition coefficient (Wildman–Crippen LogP) is 2.83. The molecule has 1 saturated heterocycles. The van der Waals surface area contributed by atoms with E-state index in [2.05, 4.69) is 23.0 Å². The highest BCUT2D eigenvalue weighted by atomic mass is 16.5. The number of aromatic carboxylic acids is 1. The zero-order chi connectivity index (χ0) is 19.4. The van der Waals surface area contributed by atoms with Crippen LogP contribution in [0, 0.1) is 12.8 Å². The van der Waals surface area contributed by atoms with Gasteiger partial charge in [-0.3, -0.25) is 0 Å². The average Bonchev–Trinajstić information content (AvgIpc) is 3.19. The molecule has 1 aromatic carbocycles. The van der Waals surface area contributed by atoms with E-state index in [0.29, 0.717) is 17.7 Å². The molecule has 1 aromatic heterocycles. The van der Waals surface area contributed by atoms with Crippen LogP contribution >= 0.6 is 0 Å². The number of piperidine rings is 1. The first-order chi connectivity index (χ1) is 13.5. The largest absolute Gasteiger partial charge is 0.493 e. The molecule has 0 amide bonds. The van der Waals surface area contributed by atoms with E-state index in [-0.39, 0.29) is 11.5 Å². The van der Waals surface area contributed by atoms with E-state index in [1.807, 2.05) is 13.0 Å². The van der Waals surface area contributed by atoms with E-state index >= 15 is 0 Å². The third-order valence-corrected chi connectivity index (χ3v) is 7.91. The number of hydrogen-bond acceptors (Lipinski definition) is 4. The summed E-state index contributed by atoms with van der Waals surface area (Å²) in [5.41, 5.74) is 5.83. The van der Waals surface area contributed by atoms with Crippen LogP contribution in [-0.4, -0.2) is 47.7 Å². The van der Waals surface area contributed by atoms with Gasteiger partial charge in [-0.1, -0.05) is 6.07 Å². The monoisotopic (exact) mass is 380 g/mol. The van der Waals surface area contributed by atoms with Crippen molar-refractivity contribution >= 4 is 5.97 Å². The number of carbonyl (C=O) groups is 1. The Morgan fingerprint density at radius 3 is 2.96 bits per heavy atom. The fourth-order valence-corrected chi connectivity index (χ4v) is 6.65. The van der Waals surface area contributed by atoms with Crippen LogP contribution in [0.5, 0.6) is 11.5 Å². The lowest BCUT2D eigenvalue weighted by Gasteiger charge is -2.57. The van der Waals surface area contributed by atoms with E-state index in [4.69, 9.17) is 9.47 Å². The van der Waals surface area contributed by atoms with Crippen LogP contribution in [0.3, 0.4) is 0 Å². The highest BCUT2D eigenvalue weighted by Crippen LogP contribution is 2.67. The summed E-state index contributed by atoms with van der Waals surface area (Å²) in [5, 5.41) is 9.67. The first kappa shape index (κ1) is 16.5. The normalized spacial score (nSPS) is 31.8. The molecule has 2 N–H and O–H groups in total. The fraction of sp³-hybridized carbons (Fsp3) is 0.500. The first-order valence-corrected chi connectivity index (χ1v) is 9.99. The minimum Gasteiger partial charge on any atom is -0.493 e. The van der Waals surface area contributed by atoms with Crippen LogP contribution in [0.25, 0.3) is 0 Å². The molecule has 4 atom stereocenters. The Morgan fingerprint density at radius 1 is 1.39 bits per heavy atom. The van der Waals surface area contributed by atoms with Crippen molar-refractivity contribution in [3.8, 4) is 11.5 Å². The molecule has 2 bridgehead atoms. The molecule has 146 valence electrons. The third kappa shape index (κ3) is 1.67. The summed E-state index contributed by atoms with van der Waals surface area (Å²) in [4.78, 5) is 17.5. The van der Waals surface area contributed by atoms with Crippen molar-refractivity contribution in [3.63, 3.8) is 0 Å². The molecule has 6 heteroatoms. The summed E-state index contributed by atoms with van der Waals surface area (Å²) in [6, 6.07) is 4.66. The van der Waals surface area contributed by atoms with Gasteiger partial charge in [0, 0.05) is 17.0 Å². The second-order valence-corrected chi connectivity index (χ2v) is 8.80. The summed E-state index contributed by atoms with van der Waals surface area (Å²) >= 11 is 0. The quantitative estimate of drug-likeness (QED) is 0.838. The summed E-state index contributed by atoms with van der Waals surface area (Å²) in [5.74, 6) is 1.17. The number of carboxylic acid groups (broad SMARTS) is 1. The number of aromatic nitrogens is 1. The number of rotatable bonds is 2. The Morgan fingerprint density at radius 2 is 2.21 bits per heavy atom. The zero-order valence-electron chi connectivity index (χ0n) is 16.3. The van der Waals surface area contributed by atoms with Crippen molar-refractivity contribution in [1.82, 2.24) is 9.88 Å². The van der Waals surface area contributed by atoms with Gasteiger partial charge in [0.25, 0.3) is 0 Å². The summed E-state index contributed by atoms with van der Waals surface area (Å²) < 4.78 is 12.3. The Balaban J connectivity index is 1.66. The van der Waals surface area contributed by atoms with Gasteiger partial charge in [-0.25, -0.2) is 4.79 Å². The summed E-state index contributed by atoms with van der Waals surface area (Å²) in [7, 11) is 3.91. The molecule has 2 aliphatic heterocycles. The topological polar surface area (TPSA) is 74.8 Å². The minimum absolute atomic E-state index is 0.102. The van der Waals surface area contributed by atoms with Crippen molar-refractivity contribution in [2.45, 2.75) is 43.7 Å². The smallest absolute Gasteiger partial charge is 0.352 e. The molecule has 3 heterocycles. The summed E-state index contributed by atoms with van der Waals surface area (Å²) in [6.45, 7) is 2.95. The molecule has 6 nitrogen and oxygen atoms in total. The van der Waals surface area contributed by atoms with E-state index in [1.165, 1.54) is 11.1 Å². The van der Waals surface area contributed by atoms with Gasteiger partial charge in [0.1, 0.15) is 11.8 Å². The third-order valence-electron chi connectivity index (χ3n) is 7.91. The lowest BCUT2D eigenvalue weighted by atomic mass is 9.51. The molecule has 1 spiro atoms. The summed E-state index contributed by atoms with van der Waals surface area (Å²) in [6.07, 6.45) is 2.75. The molecule has 0 unspecified atom stereocenters. The number of aromatic amines is 1. The number of nitrogens with zero attached hydrogens (tertiary/aromatic N) is 1. The van der Waals surface area contributed by atoms with E-state index in [9.17, 15) is 9.90 Å². The number of likely N-dealkylation sites (tertiary alicyclic amines) is 1. The lowest BCUT2D eigenvalue weighted by Crippen LogP contribution is -2.62. The highest BCUT2D eigenvalue weighted by molar-refractivity contribution is 5.88. The van der Waals surface area contributed by atoms with Gasteiger partial charge in [-0.15, -0.1) is 0 Å². The van der Waals surface area contributed by atoms with Crippen molar-refractivity contribution in [2.24, 2.45) is 5.92 Å². The molecule has 2 aliphatic carbocycles. The van der Waals surface area contributed by atoms with E-state index < -0.39 is 5.97 Å². The van der Waals surface area contributed by atoms with Crippen LogP contribution in [-0.2, 0) is 18.3 Å². The maximum absolute atomic E-state index is 11.8. The molecular formula is C22H24N2O4. The maximum atomic E-state index is 11.8. The van der Waals surface area contributed by atoms with Crippen molar-refractivity contribution < 1.29 is 19.4 Å². The molecule has 28 heavy (non-hydrogen) atoms. The molecule has 6 rings (SSSR count). The SMILES string of the molecule is COc1ccc2c3c1O[C@H]1c4[nH]c(C(=O)O)c(C)c4C[C@H]4[C@@H](C2)N(C)CC[C@]314. The number of likely N-dealkylation sites (N-methyl/N-ethyl adjacent to an activating group) is 1. The molecule has 0 saturated carbocycles. The predicted molar refractivity (Wildman–Crippen MR) is 102 cm³/mol. The van der Waals surface area contributed by atoms with Gasteiger partial charge in [0.05, 0.1) is 12.8 Å². The zero-order valence-corrected chi connectivity index (χ0v) is 16.3. The number of nitrogens with one attached hydrogen (secondary N) is 1. The standard InChI is InChI=1S/C22H24N2O4/c1-10-12-9-13-14-8-11-4-5-15(27-3)19-16(11)22(13,6-7-24(14)2)20(28-19)18(12)23-17(10)21(25)26/h4-5,13-14,20,23H,6-9H2,1-3H3,(H,25,26)/t13-,14+,20-,22-/m0/s1. The van der Waals surface area contributed by atoms with Crippen LogP contribution in [0.4, 0.5) is 0 Å². The fourth-order valence-electron chi connectivity index (χ4n) is 6.65. The van der Waals surface area contributed by atoms with Crippen LogP contribution in [0.1, 0.15) is 51.0 Å². The van der Waals surface area contributed by atoms with Crippen molar-refractivity contribution in [3.05, 3.63) is 45.8 Å². The van der Waals surface area contributed by atoms with Gasteiger partial charge >= 0.3 is 5.97 Å². The minimum atomic E-state index is -0.902. The van der Waals surface area contributed by atoms with E-state index in [1.54, 1.807) is 7.11 Å². The van der Waals surface area contributed by atoms with E-state index in [0.717, 1.165) is 54.1 Å². The maximum Gasteiger partial charge on any atom is 0.352 e. The lowest BCUT2D eigenvalue weighted by molar-refractivity contribution is -0.0256. The highest BCUT2D eigenvalue weighted by Gasteiger charge is 2.65. The molecule has 0 radical (unpaired) electrons. The molecule has 4 aliphatic rings. The molecule has 2 aromatic rings. The van der Waals surface area contributed by atoms with Gasteiger partial charge in [-0.2, -0.15) is 0 Å². The number of hydrogen-bond donors (Lipinski definition) is 2. The van der Waals surface area contributed by atoms with Crippen molar-refractivity contribution in [1.29, 1.82) is 0 Å². The van der Waals surface area contributed by atoms with Crippen LogP contribution < -0.4 is 9.47 Å².